The van der Waals surface area contributed by atoms with Gasteiger partial charge in [-0.15, -0.1) is 11.3 Å². The second-order valence-corrected chi connectivity index (χ2v) is 5.62. The molecule has 5 heteroatoms. The summed E-state index contributed by atoms with van der Waals surface area (Å²) in [6.07, 6.45) is 0. The van der Waals surface area contributed by atoms with Crippen molar-refractivity contribution in [1.29, 1.82) is 0 Å². The molecule has 0 fully saturated rings. The van der Waals surface area contributed by atoms with Gasteiger partial charge in [0.05, 0.1) is 5.69 Å². The van der Waals surface area contributed by atoms with Crippen LogP contribution in [0.5, 0.6) is 0 Å². The molecule has 21 heavy (non-hydrogen) atoms. The Kier molecular flexibility index (Phi) is 3.50. The van der Waals surface area contributed by atoms with Gasteiger partial charge in [-0.05, 0) is 36.4 Å². The van der Waals surface area contributed by atoms with Crippen LogP contribution in [0.15, 0.2) is 53.9 Å². The average molecular weight is 296 g/mol. The first-order valence-electron chi connectivity index (χ1n) is 6.54. The van der Waals surface area contributed by atoms with Gasteiger partial charge in [-0.1, -0.05) is 12.1 Å². The summed E-state index contributed by atoms with van der Waals surface area (Å²) in [5.74, 6) is 0. The van der Waals surface area contributed by atoms with Gasteiger partial charge in [-0.2, -0.15) is 0 Å². The molecule has 3 rings (SSSR count). The van der Waals surface area contributed by atoms with Crippen LogP contribution in [-0.2, 0) is 0 Å². The quantitative estimate of drug-likeness (QED) is 0.722. The maximum absolute atomic E-state index is 5.72. The van der Waals surface area contributed by atoms with E-state index in [1.807, 2.05) is 60.5 Å². The zero-order chi connectivity index (χ0) is 14.8. The Hall–Kier alpha value is -2.53. The topological polar surface area (TPSA) is 68.2 Å². The molecule has 1 aromatic heterocycles. The summed E-state index contributed by atoms with van der Waals surface area (Å²) in [7, 11) is 2.00. The second-order valence-electron chi connectivity index (χ2n) is 4.79. The van der Waals surface area contributed by atoms with E-state index < -0.39 is 0 Å². The Morgan fingerprint density at radius 1 is 0.905 bits per heavy atom. The van der Waals surface area contributed by atoms with Crippen molar-refractivity contribution in [1.82, 2.24) is 4.98 Å². The third kappa shape index (κ3) is 2.83. The van der Waals surface area contributed by atoms with E-state index in [2.05, 4.69) is 10.4 Å². The van der Waals surface area contributed by atoms with Crippen LogP contribution >= 0.6 is 11.3 Å². The maximum Gasteiger partial charge on any atom is 0.190 e. The standard InChI is InChI=1S/C16H16N4S/c1-20(14-8-6-13(18)7-9-14)16-19-15(10-21-16)11-2-4-12(17)5-3-11/h2-10H,17-18H2,1H3. The maximum atomic E-state index is 5.72. The van der Waals surface area contributed by atoms with Gasteiger partial charge in [0.25, 0.3) is 0 Å². The number of hydrogen-bond acceptors (Lipinski definition) is 5. The van der Waals surface area contributed by atoms with Gasteiger partial charge < -0.3 is 16.4 Å². The number of nitrogens with two attached hydrogens (primary N) is 2. The van der Waals surface area contributed by atoms with Crippen LogP contribution in [0.4, 0.5) is 22.2 Å². The fourth-order valence-electron chi connectivity index (χ4n) is 2.01. The molecular weight excluding hydrogens is 280 g/mol. The summed E-state index contributed by atoms with van der Waals surface area (Å²) in [5, 5.41) is 2.99. The molecule has 0 unspecified atom stereocenters. The number of nitrogen functional groups attached to an aromatic ring is 2. The number of thiazole rings is 1. The lowest BCUT2D eigenvalue weighted by molar-refractivity contribution is 1.17. The van der Waals surface area contributed by atoms with E-state index in [4.69, 9.17) is 11.5 Å². The van der Waals surface area contributed by atoms with Crippen molar-refractivity contribution in [3.63, 3.8) is 0 Å². The molecule has 1 heterocycles. The van der Waals surface area contributed by atoms with Gasteiger partial charge >= 0.3 is 0 Å². The molecule has 0 amide bonds. The highest BCUT2D eigenvalue weighted by Gasteiger charge is 2.10. The third-order valence-electron chi connectivity index (χ3n) is 3.27. The molecule has 0 bridgehead atoms. The van der Waals surface area contributed by atoms with Gasteiger partial charge in [0.2, 0.25) is 0 Å². The predicted octanol–water partition coefficient (Wildman–Crippen LogP) is 3.74. The summed E-state index contributed by atoms with van der Waals surface area (Å²) in [5.41, 5.74) is 16.0. The zero-order valence-corrected chi connectivity index (χ0v) is 12.5. The number of nitrogens with zero attached hydrogens (tertiary/aromatic N) is 2. The van der Waals surface area contributed by atoms with Crippen LogP contribution in [0.25, 0.3) is 11.3 Å². The van der Waals surface area contributed by atoms with Crippen molar-refractivity contribution in [2.24, 2.45) is 0 Å². The van der Waals surface area contributed by atoms with E-state index >= 15 is 0 Å². The molecule has 0 spiro atoms. The number of rotatable bonds is 3. The summed E-state index contributed by atoms with van der Waals surface area (Å²) >= 11 is 1.61. The molecule has 0 radical (unpaired) electrons. The van der Waals surface area contributed by atoms with Gasteiger partial charge in [0.1, 0.15) is 0 Å². The average Bonchev–Trinajstić information content (AvgIpc) is 2.98. The smallest absolute Gasteiger partial charge is 0.190 e. The summed E-state index contributed by atoms with van der Waals surface area (Å²) in [4.78, 5) is 6.73. The van der Waals surface area contributed by atoms with Crippen LogP contribution in [-0.4, -0.2) is 12.0 Å². The summed E-state index contributed by atoms with van der Waals surface area (Å²) in [6.45, 7) is 0. The number of hydrogen-bond donors (Lipinski definition) is 2. The molecule has 0 aliphatic rings. The molecule has 4 N–H and O–H groups in total. The molecule has 0 atom stereocenters. The molecule has 0 aliphatic carbocycles. The number of anilines is 4. The van der Waals surface area contributed by atoms with Crippen molar-refractivity contribution >= 4 is 33.5 Å². The first-order valence-corrected chi connectivity index (χ1v) is 7.42. The lowest BCUT2D eigenvalue weighted by Gasteiger charge is -2.15. The van der Waals surface area contributed by atoms with E-state index in [0.29, 0.717) is 0 Å². The lowest BCUT2D eigenvalue weighted by Crippen LogP contribution is -2.08. The normalized spacial score (nSPS) is 10.5. The minimum Gasteiger partial charge on any atom is -0.399 e. The van der Waals surface area contributed by atoms with E-state index in [-0.39, 0.29) is 0 Å². The molecule has 0 saturated carbocycles. The minimum absolute atomic E-state index is 0.758. The van der Waals surface area contributed by atoms with Crippen molar-refractivity contribution in [2.75, 3.05) is 23.4 Å². The Bertz CT molecular complexity index is 732. The fraction of sp³-hybridized carbons (Fsp3) is 0.0625. The molecular formula is C16H16N4S. The van der Waals surface area contributed by atoms with Crippen LogP contribution in [0.2, 0.25) is 0 Å². The molecule has 2 aromatic carbocycles. The van der Waals surface area contributed by atoms with Gasteiger partial charge in [-0.3, -0.25) is 0 Å². The van der Waals surface area contributed by atoms with Crippen LogP contribution < -0.4 is 16.4 Å². The highest BCUT2D eigenvalue weighted by Crippen LogP contribution is 2.31. The number of benzene rings is 2. The first-order chi connectivity index (χ1) is 10.1. The van der Waals surface area contributed by atoms with E-state index in [1.165, 1.54) is 0 Å². The first kappa shape index (κ1) is 13.5. The lowest BCUT2D eigenvalue weighted by atomic mass is 10.1. The Balaban J connectivity index is 1.87. The molecule has 3 aromatic rings. The second kappa shape index (κ2) is 5.46. The Morgan fingerprint density at radius 3 is 2.10 bits per heavy atom. The van der Waals surface area contributed by atoms with Crippen molar-refractivity contribution in [2.45, 2.75) is 0 Å². The monoisotopic (exact) mass is 296 g/mol. The minimum atomic E-state index is 0.758. The SMILES string of the molecule is CN(c1ccc(N)cc1)c1nc(-c2ccc(N)cc2)cs1. The molecule has 0 aliphatic heterocycles. The highest BCUT2D eigenvalue weighted by atomic mass is 32.1. The van der Waals surface area contributed by atoms with Crippen molar-refractivity contribution < 1.29 is 0 Å². The van der Waals surface area contributed by atoms with Gasteiger partial charge in [-0.25, -0.2) is 4.98 Å². The zero-order valence-electron chi connectivity index (χ0n) is 11.7. The van der Waals surface area contributed by atoms with Crippen LogP contribution in [0.3, 0.4) is 0 Å². The predicted molar refractivity (Wildman–Crippen MR) is 90.9 cm³/mol. The largest absolute Gasteiger partial charge is 0.399 e. The van der Waals surface area contributed by atoms with Crippen LogP contribution in [0, 0.1) is 0 Å². The van der Waals surface area contributed by atoms with E-state index in [0.717, 1.165) is 33.5 Å². The molecule has 106 valence electrons. The molecule has 0 saturated heterocycles. The van der Waals surface area contributed by atoms with Crippen molar-refractivity contribution in [3.8, 4) is 11.3 Å². The summed E-state index contributed by atoms with van der Waals surface area (Å²) in [6, 6.07) is 15.5. The number of aromatic nitrogens is 1. The Morgan fingerprint density at radius 2 is 1.48 bits per heavy atom. The van der Waals surface area contributed by atoms with Gasteiger partial charge in [0.15, 0.2) is 5.13 Å². The highest BCUT2D eigenvalue weighted by molar-refractivity contribution is 7.14. The fourth-order valence-corrected chi connectivity index (χ4v) is 2.83. The van der Waals surface area contributed by atoms with Gasteiger partial charge in [0, 0.05) is 35.1 Å². The van der Waals surface area contributed by atoms with E-state index in [9.17, 15) is 0 Å². The Labute approximate surface area is 127 Å². The summed E-state index contributed by atoms with van der Waals surface area (Å²) < 4.78 is 0. The van der Waals surface area contributed by atoms with Crippen LogP contribution in [0.1, 0.15) is 0 Å². The van der Waals surface area contributed by atoms with Crippen molar-refractivity contribution in [3.05, 3.63) is 53.9 Å². The third-order valence-corrected chi connectivity index (χ3v) is 4.18. The van der Waals surface area contributed by atoms with E-state index in [1.54, 1.807) is 11.3 Å². The molecule has 4 nitrogen and oxygen atoms in total.